The summed E-state index contributed by atoms with van der Waals surface area (Å²) in [7, 11) is 3.77. The second kappa shape index (κ2) is 10.1. The fourth-order valence-corrected chi connectivity index (χ4v) is 2.68. The largest absolute Gasteiger partial charge is 0.352 e. The lowest BCUT2D eigenvalue weighted by molar-refractivity contribution is 0.464. The van der Waals surface area contributed by atoms with Crippen molar-refractivity contribution in [2.24, 2.45) is 4.99 Å². The van der Waals surface area contributed by atoms with Crippen LogP contribution in [0.25, 0.3) is 11.3 Å². The molecule has 0 fully saturated rings. The van der Waals surface area contributed by atoms with E-state index in [1.54, 1.807) is 7.05 Å². The summed E-state index contributed by atoms with van der Waals surface area (Å²) in [5.41, 5.74) is 4.28. The normalized spacial score (nSPS) is 11.0. The van der Waals surface area contributed by atoms with Crippen LogP contribution in [0.15, 0.2) is 59.9 Å². The number of aromatic amines is 1. The lowest BCUT2D eigenvalue weighted by Crippen LogP contribution is -2.38. The Balaban J connectivity index is 0.00000261. The maximum atomic E-state index is 4.49. The Morgan fingerprint density at radius 3 is 2.56 bits per heavy atom. The first-order valence-electron chi connectivity index (χ1n) is 8.58. The van der Waals surface area contributed by atoms with E-state index in [-0.39, 0.29) is 24.0 Å². The highest BCUT2D eigenvalue weighted by Gasteiger charge is 2.10. The number of pyridine rings is 1. The minimum Gasteiger partial charge on any atom is -0.352 e. The zero-order valence-corrected chi connectivity index (χ0v) is 18.1. The molecule has 27 heavy (non-hydrogen) atoms. The number of benzene rings is 1. The van der Waals surface area contributed by atoms with Crippen LogP contribution in [0.2, 0.25) is 0 Å². The van der Waals surface area contributed by atoms with Crippen LogP contribution in [0, 0.1) is 6.92 Å². The van der Waals surface area contributed by atoms with Crippen molar-refractivity contribution < 1.29 is 0 Å². The quantitative estimate of drug-likeness (QED) is 0.336. The Labute approximate surface area is 177 Å². The number of aryl methyl sites for hydroxylation is 1. The van der Waals surface area contributed by atoms with Crippen molar-refractivity contribution in [1.29, 1.82) is 0 Å². The summed E-state index contributed by atoms with van der Waals surface area (Å²) in [6, 6.07) is 14.3. The number of halogens is 1. The van der Waals surface area contributed by atoms with Gasteiger partial charge in [-0.2, -0.15) is 0 Å². The molecule has 0 spiro atoms. The molecule has 142 valence electrons. The molecule has 2 aromatic heterocycles. The minimum absolute atomic E-state index is 0. The Kier molecular flexibility index (Phi) is 7.78. The maximum absolute atomic E-state index is 4.49. The molecule has 6 nitrogen and oxygen atoms in total. The number of aliphatic imine (C=N–C) groups is 1. The highest BCUT2D eigenvalue weighted by molar-refractivity contribution is 14.0. The standard InChI is InChI=1S/C20H24N6.HI/c1-15-9-10-16(11-22-15)12-24-20(21-2)26(3)14-19-23-13-18(25-19)17-7-5-4-6-8-17;/h4-11,13H,12,14H2,1-3H3,(H,21,24)(H,23,25);1H. The molecule has 7 heteroatoms. The number of nitrogens with one attached hydrogen (secondary N) is 2. The van der Waals surface area contributed by atoms with Crippen LogP contribution in [0.5, 0.6) is 0 Å². The van der Waals surface area contributed by atoms with Gasteiger partial charge in [0, 0.05) is 32.5 Å². The molecular formula is C20H25IN6. The molecule has 0 radical (unpaired) electrons. The Bertz CT molecular complexity index is 858. The molecule has 2 heterocycles. The number of aromatic nitrogens is 3. The lowest BCUT2D eigenvalue weighted by Gasteiger charge is -2.21. The summed E-state index contributed by atoms with van der Waals surface area (Å²) in [5, 5.41) is 3.36. The van der Waals surface area contributed by atoms with Gasteiger partial charge in [-0.15, -0.1) is 24.0 Å². The van der Waals surface area contributed by atoms with E-state index in [0.717, 1.165) is 34.3 Å². The van der Waals surface area contributed by atoms with E-state index in [4.69, 9.17) is 0 Å². The van der Waals surface area contributed by atoms with Gasteiger partial charge in [-0.25, -0.2) is 4.98 Å². The molecule has 0 aliphatic rings. The second-order valence-corrected chi connectivity index (χ2v) is 6.17. The van der Waals surface area contributed by atoms with Gasteiger partial charge in [-0.05, 0) is 24.1 Å². The third-order valence-corrected chi connectivity index (χ3v) is 4.10. The average Bonchev–Trinajstić information content (AvgIpc) is 3.13. The molecule has 2 N–H and O–H groups in total. The van der Waals surface area contributed by atoms with Crippen molar-refractivity contribution in [3.63, 3.8) is 0 Å². The molecule has 0 aliphatic carbocycles. The number of nitrogens with zero attached hydrogens (tertiary/aromatic N) is 4. The third kappa shape index (κ3) is 5.78. The monoisotopic (exact) mass is 476 g/mol. The highest BCUT2D eigenvalue weighted by Crippen LogP contribution is 2.16. The third-order valence-electron chi connectivity index (χ3n) is 4.10. The van der Waals surface area contributed by atoms with Crippen LogP contribution < -0.4 is 5.32 Å². The first kappa shape index (κ1) is 20.9. The first-order chi connectivity index (χ1) is 12.7. The summed E-state index contributed by atoms with van der Waals surface area (Å²) < 4.78 is 0. The van der Waals surface area contributed by atoms with Crippen LogP contribution in [0.1, 0.15) is 17.1 Å². The first-order valence-corrected chi connectivity index (χ1v) is 8.58. The molecule has 0 aliphatic heterocycles. The number of H-pyrrole nitrogens is 1. The van der Waals surface area contributed by atoms with Gasteiger partial charge < -0.3 is 15.2 Å². The smallest absolute Gasteiger partial charge is 0.194 e. The van der Waals surface area contributed by atoms with Gasteiger partial charge in [0.25, 0.3) is 0 Å². The van der Waals surface area contributed by atoms with Crippen molar-refractivity contribution in [3.05, 3.63) is 71.9 Å². The molecule has 3 aromatic rings. The van der Waals surface area contributed by atoms with Gasteiger partial charge in [0.2, 0.25) is 0 Å². The van der Waals surface area contributed by atoms with Gasteiger partial charge >= 0.3 is 0 Å². The predicted molar refractivity (Wildman–Crippen MR) is 120 cm³/mol. The van der Waals surface area contributed by atoms with Crippen molar-refractivity contribution in [2.75, 3.05) is 14.1 Å². The van der Waals surface area contributed by atoms with Crippen molar-refractivity contribution in [1.82, 2.24) is 25.2 Å². The van der Waals surface area contributed by atoms with Crippen molar-refractivity contribution >= 4 is 29.9 Å². The van der Waals surface area contributed by atoms with Crippen molar-refractivity contribution in [2.45, 2.75) is 20.0 Å². The van der Waals surface area contributed by atoms with Crippen LogP contribution in [-0.4, -0.2) is 39.9 Å². The van der Waals surface area contributed by atoms with Gasteiger partial charge in [0.1, 0.15) is 5.82 Å². The van der Waals surface area contributed by atoms with Gasteiger partial charge in [-0.3, -0.25) is 9.98 Å². The fourth-order valence-electron chi connectivity index (χ4n) is 2.68. The molecule has 0 saturated heterocycles. The Morgan fingerprint density at radius 2 is 1.89 bits per heavy atom. The van der Waals surface area contributed by atoms with E-state index in [9.17, 15) is 0 Å². The number of hydrogen-bond donors (Lipinski definition) is 2. The molecule has 0 saturated carbocycles. The molecule has 0 bridgehead atoms. The number of imidazole rings is 1. The summed E-state index contributed by atoms with van der Waals surface area (Å²) in [6.45, 7) is 3.30. The van der Waals surface area contributed by atoms with Gasteiger partial charge in [-0.1, -0.05) is 36.4 Å². The summed E-state index contributed by atoms with van der Waals surface area (Å²) >= 11 is 0. The molecule has 0 unspecified atom stereocenters. The van der Waals surface area contributed by atoms with Crippen molar-refractivity contribution in [3.8, 4) is 11.3 Å². The molecule has 0 amide bonds. The Morgan fingerprint density at radius 1 is 1.11 bits per heavy atom. The van der Waals surface area contributed by atoms with E-state index in [1.807, 2.05) is 55.5 Å². The summed E-state index contributed by atoms with van der Waals surface area (Å²) in [6.07, 6.45) is 3.75. The number of rotatable bonds is 5. The zero-order valence-electron chi connectivity index (χ0n) is 15.8. The molecule has 0 atom stereocenters. The highest BCUT2D eigenvalue weighted by atomic mass is 127. The van der Waals surface area contributed by atoms with E-state index in [0.29, 0.717) is 13.1 Å². The van der Waals surface area contributed by atoms with Crippen LogP contribution in [0.3, 0.4) is 0 Å². The predicted octanol–water partition coefficient (Wildman–Crippen LogP) is 3.61. The van der Waals surface area contributed by atoms with Crippen LogP contribution >= 0.6 is 24.0 Å². The average molecular weight is 476 g/mol. The topological polar surface area (TPSA) is 69.2 Å². The molecular weight excluding hydrogens is 451 g/mol. The van der Waals surface area contributed by atoms with E-state index in [1.165, 1.54) is 0 Å². The lowest BCUT2D eigenvalue weighted by atomic mass is 10.2. The zero-order chi connectivity index (χ0) is 18.4. The van der Waals surface area contributed by atoms with Gasteiger partial charge in [0.05, 0.1) is 18.4 Å². The summed E-state index contributed by atoms with van der Waals surface area (Å²) in [5.74, 6) is 1.70. The Hall–Kier alpha value is -2.42. The number of hydrogen-bond acceptors (Lipinski definition) is 3. The fraction of sp³-hybridized carbons (Fsp3) is 0.250. The minimum atomic E-state index is 0. The SMILES string of the molecule is CN=C(NCc1ccc(C)nc1)N(C)Cc1ncc(-c2ccccc2)[nH]1.I. The maximum Gasteiger partial charge on any atom is 0.194 e. The van der Waals surface area contributed by atoms with E-state index in [2.05, 4.69) is 43.5 Å². The summed E-state index contributed by atoms with van der Waals surface area (Å²) in [4.78, 5) is 18.6. The van der Waals surface area contributed by atoms with E-state index < -0.39 is 0 Å². The van der Waals surface area contributed by atoms with Crippen LogP contribution in [-0.2, 0) is 13.1 Å². The molecule has 1 aromatic carbocycles. The van der Waals surface area contributed by atoms with E-state index >= 15 is 0 Å². The van der Waals surface area contributed by atoms with Crippen LogP contribution in [0.4, 0.5) is 0 Å². The number of guanidine groups is 1. The second-order valence-electron chi connectivity index (χ2n) is 6.17. The van der Waals surface area contributed by atoms with Gasteiger partial charge in [0.15, 0.2) is 5.96 Å². The molecule has 3 rings (SSSR count).